The van der Waals surface area contributed by atoms with Crippen molar-refractivity contribution in [1.29, 1.82) is 0 Å². The van der Waals surface area contributed by atoms with Crippen molar-refractivity contribution in [2.24, 2.45) is 0 Å². The third-order valence-electron chi connectivity index (χ3n) is 3.20. The number of hydrogen-bond donors (Lipinski definition) is 2. The molecule has 2 aromatic carbocycles. The molecule has 0 bridgehead atoms. The molecule has 21 heavy (non-hydrogen) atoms. The van der Waals surface area contributed by atoms with Gasteiger partial charge in [-0.2, -0.15) is 0 Å². The SMILES string of the molecule is CCc1cc(Br)ccc1NC(=O)c1ccc(OC)cc1N. The minimum atomic E-state index is -0.229. The van der Waals surface area contributed by atoms with Gasteiger partial charge in [0.05, 0.1) is 12.7 Å². The Kier molecular flexibility index (Phi) is 4.85. The number of aryl methyl sites for hydroxylation is 1. The summed E-state index contributed by atoms with van der Waals surface area (Å²) in [6, 6.07) is 10.8. The molecule has 0 aromatic heterocycles. The maximum atomic E-state index is 12.3. The molecule has 0 radical (unpaired) electrons. The van der Waals surface area contributed by atoms with E-state index in [4.69, 9.17) is 10.5 Å². The molecule has 4 nitrogen and oxygen atoms in total. The van der Waals surface area contributed by atoms with Crippen LogP contribution in [0.1, 0.15) is 22.8 Å². The Morgan fingerprint density at radius 2 is 2.05 bits per heavy atom. The average molecular weight is 349 g/mol. The van der Waals surface area contributed by atoms with E-state index in [9.17, 15) is 4.79 Å². The Balaban J connectivity index is 2.26. The van der Waals surface area contributed by atoms with Gasteiger partial charge >= 0.3 is 0 Å². The van der Waals surface area contributed by atoms with Gasteiger partial charge in [0.25, 0.3) is 5.91 Å². The zero-order chi connectivity index (χ0) is 15.4. The van der Waals surface area contributed by atoms with Crippen LogP contribution < -0.4 is 15.8 Å². The van der Waals surface area contributed by atoms with Crippen LogP contribution in [0.4, 0.5) is 11.4 Å². The van der Waals surface area contributed by atoms with Crippen molar-refractivity contribution in [3.05, 3.63) is 52.0 Å². The van der Waals surface area contributed by atoms with E-state index >= 15 is 0 Å². The van der Waals surface area contributed by atoms with Crippen molar-refractivity contribution < 1.29 is 9.53 Å². The Labute approximate surface area is 132 Å². The Hall–Kier alpha value is -2.01. The highest BCUT2D eigenvalue weighted by molar-refractivity contribution is 9.10. The van der Waals surface area contributed by atoms with E-state index in [-0.39, 0.29) is 5.91 Å². The third-order valence-corrected chi connectivity index (χ3v) is 3.69. The number of amides is 1. The number of anilines is 2. The van der Waals surface area contributed by atoms with Crippen molar-refractivity contribution in [1.82, 2.24) is 0 Å². The number of halogens is 1. The molecule has 1 amide bonds. The Bertz CT molecular complexity index is 671. The second kappa shape index (κ2) is 6.63. The highest BCUT2D eigenvalue weighted by Gasteiger charge is 2.12. The number of methoxy groups -OCH3 is 1. The lowest BCUT2D eigenvalue weighted by atomic mass is 10.1. The van der Waals surface area contributed by atoms with Gasteiger partial charge in [0, 0.05) is 21.9 Å². The molecule has 110 valence electrons. The second-order valence-corrected chi connectivity index (χ2v) is 5.48. The van der Waals surface area contributed by atoms with E-state index in [2.05, 4.69) is 21.2 Å². The lowest BCUT2D eigenvalue weighted by Crippen LogP contribution is -2.15. The molecular weight excluding hydrogens is 332 g/mol. The van der Waals surface area contributed by atoms with Crippen LogP contribution in [0.5, 0.6) is 5.75 Å². The van der Waals surface area contributed by atoms with Gasteiger partial charge in [0.15, 0.2) is 0 Å². The third kappa shape index (κ3) is 3.55. The monoisotopic (exact) mass is 348 g/mol. The first-order chi connectivity index (χ1) is 10.0. The standard InChI is InChI=1S/C16H17BrN2O2/c1-3-10-8-11(17)4-7-15(10)19-16(20)13-6-5-12(21-2)9-14(13)18/h4-9H,3,18H2,1-2H3,(H,19,20). The molecule has 0 atom stereocenters. The minimum Gasteiger partial charge on any atom is -0.497 e. The van der Waals surface area contributed by atoms with Gasteiger partial charge in [-0.15, -0.1) is 0 Å². The first-order valence-corrected chi connectivity index (χ1v) is 7.37. The van der Waals surface area contributed by atoms with Crippen LogP contribution in [0.25, 0.3) is 0 Å². The van der Waals surface area contributed by atoms with Gasteiger partial charge in [-0.1, -0.05) is 22.9 Å². The highest BCUT2D eigenvalue weighted by Crippen LogP contribution is 2.24. The number of benzene rings is 2. The van der Waals surface area contributed by atoms with Crippen LogP contribution in [-0.2, 0) is 6.42 Å². The van der Waals surface area contributed by atoms with E-state index in [0.29, 0.717) is 17.0 Å². The summed E-state index contributed by atoms with van der Waals surface area (Å²) >= 11 is 3.43. The molecule has 0 saturated heterocycles. The van der Waals surface area contributed by atoms with Gasteiger partial charge in [-0.05, 0) is 42.3 Å². The second-order valence-electron chi connectivity index (χ2n) is 4.56. The number of carbonyl (C=O) groups is 1. The van der Waals surface area contributed by atoms with Gasteiger partial charge in [0.2, 0.25) is 0 Å². The molecule has 0 aliphatic rings. The summed E-state index contributed by atoms with van der Waals surface area (Å²) in [7, 11) is 1.56. The molecule has 0 heterocycles. The molecular formula is C16H17BrN2O2. The van der Waals surface area contributed by atoms with Crippen molar-refractivity contribution in [3.8, 4) is 5.75 Å². The molecule has 0 unspecified atom stereocenters. The summed E-state index contributed by atoms with van der Waals surface area (Å²) in [5.74, 6) is 0.397. The van der Waals surface area contributed by atoms with E-state index in [0.717, 1.165) is 22.1 Å². The molecule has 5 heteroatoms. The number of ether oxygens (including phenoxy) is 1. The predicted octanol–water partition coefficient (Wildman–Crippen LogP) is 3.85. The van der Waals surface area contributed by atoms with E-state index in [1.807, 2.05) is 25.1 Å². The van der Waals surface area contributed by atoms with Gasteiger partial charge in [0.1, 0.15) is 5.75 Å². The lowest BCUT2D eigenvalue weighted by Gasteiger charge is -2.12. The van der Waals surface area contributed by atoms with Crippen LogP contribution >= 0.6 is 15.9 Å². The first-order valence-electron chi connectivity index (χ1n) is 6.58. The zero-order valence-electron chi connectivity index (χ0n) is 11.9. The fraction of sp³-hybridized carbons (Fsp3) is 0.188. The van der Waals surface area contributed by atoms with Crippen molar-refractivity contribution in [2.45, 2.75) is 13.3 Å². The summed E-state index contributed by atoms with van der Waals surface area (Å²) < 4.78 is 6.07. The molecule has 2 rings (SSSR count). The maximum Gasteiger partial charge on any atom is 0.257 e. The van der Waals surface area contributed by atoms with E-state index in [1.54, 1.807) is 25.3 Å². The normalized spacial score (nSPS) is 10.2. The van der Waals surface area contributed by atoms with Crippen LogP contribution in [-0.4, -0.2) is 13.0 Å². The fourth-order valence-electron chi connectivity index (χ4n) is 2.04. The number of nitrogens with one attached hydrogen (secondary N) is 1. The fourth-order valence-corrected chi connectivity index (χ4v) is 2.45. The molecule has 0 saturated carbocycles. The van der Waals surface area contributed by atoms with Gasteiger partial charge in [-0.25, -0.2) is 0 Å². The molecule has 0 aliphatic carbocycles. The largest absolute Gasteiger partial charge is 0.497 e. The van der Waals surface area contributed by atoms with Gasteiger partial charge in [-0.3, -0.25) is 4.79 Å². The Morgan fingerprint density at radius 3 is 2.67 bits per heavy atom. The van der Waals surface area contributed by atoms with Crippen molar-refractivity contribution in [2.75, 3.05) is 18.2 Å². The summed E-state index contributed by atoms with van der Waals surface area (Å²) in [6.45, 7) is 2.04. The Morgan fingerprint density at radius 1 is 1.29 bits per heavy atom. The number of nitrogens with two attached hydrogens (primary N) is 1. The highest BCUT2D eigenvalue weighted by atomic mass is 79.9. The van der Waals surface area contributed by atoms with Crippen LogP contribution in [0.15, 0.2) is 40.9 Å². The summed E-state index contributed by atoms with van der Waals surface area (Å²) in [5.41, 5.74) is 8.57. The zero-order valence-corrected chi connectivity index (χ0v) is 13.5. The predicted molar refractivity (Wildman–Crippen MR) is 88.9 cm³/mol. The van der Waals surface area contributed by atoms with E-state index in [1.165, 1.54) is 0 Å². The van der Waals surface area contributed by atoms with Crippen LogP contribution in [0.3, 0.4) is 0 Å². The van der Waals surface area contributed by atoms with Crippen LogP contribution in [0.2, 0.25) is 0 Å². The molecule has 3 N–H and O–H groups in total. The lowest BCUT2D eigenvalue weighted by molar-refractivity contribution is 0.102. The molecule has 0 spiro atoms. The quantitative estimate of drug-likeness (QED) is 0.824. The average Bonchev–Trinajstić information content (AvgIpc) is 2.48. The molecule has 0 aliphatic heterocycles. The number of nitrogen functional groups attached to an aromatic ring is 1. The smallest absolute Gasteiger partial charge is 0.257 e. The van der Waals surface area contributed by atoms with Gasteiger partial charge < -0.3 is 15.8 Å². The first kappa shape index (κ1) is 15.4. The topological polar surface area (TPSA) is 64.3 Å². The molecule has 0 fully saturated rings. The number of rotatable bonds is 4. The summed E-state index contributed by atoms with van der Waals surface area (Å²) in [5, 5.41) is 2.90. The summed E-state index contributed by atoms with van der Waals surface area (Å²) in [6.07, 6.45) is 0.827. The number of carbonyl (C=O) groups excluding carboxylic acids is 1. The van der Waals surface area contributed by atoms with Crippen LogP contribution in [0, 0.1) is 0 Å². The van der Waals surface area contributed by atoms with Crippen molar-refractivity contribution >= 4 is 33.2 Å². The van der Waals surface area contributed by atoms with E-state index < -0.39 is 0 Å². The minimum absolute atomic E-state index is 0.229. The maximum absolute atomic E-state index is 12.3. The number of hydrogen-bond acceptors (Lipinski definition) is 3. The summed E-state index contributed by atoms with van der Waals surface area (Å²) in [4.78, 5) is 12.3. The molecule has 2 aromatic rings. The van der Waals surface area contributed by atoms with Crippen molar-refractivity contribution in [3.63, 3.8) is 0 Å².